The standard InChI is InChI=1S/C19H27N5O7S/c20-11(9-32)16(27)22-12(6-10-4-2-1-3-5-10)17(28)24-14(8-25)18(29)23-13(19(30)31)7-15(21)26/h1-5,11-14,25,32H,6-9,20H2,(H2,21,26)(H,22,27)(H,23,29)(H,24,28)(H,30,31). The van der Waals surface area contributed by atoms with Gasteiger partial charge >= 0.3 is 5.97 Å². The number of aliphatic carboxylic acids is 1. The number of aliphatic hydroxyl groups is 1. The molecule has 0 heterocycles. The van der Waals surface area contributed by atoms with Gasteiger partial charge in [-0.1, -0.05) is 30.3 Å². The Bertz CT molecular complexity index is 824. The fraction of sp³-hybridized carbons (Fsp3) is 0.421. The van der Waals surface area contributed by atoms with Gasteiger partial charge in [-0.05, 0) is 5.56 Å². The van der Waals surface area contributed by atoms with Crippen molar-refractivity contribution >= 4 is 42.2 Å². The van der Waals surface area contributed by atoms with Crippen LogP contribution in [0.3, 0.4) is 0 Å². The fourth-order valence-electron chi connectivity index (χ4n) is 2.56. The number of benzene rings is 1. The minimum absolute atomic E-state index is 0.0314. The normalized spacial score (nSPS) is 14.3. The molecular weight excluding hydrogens is 442 g/mol. The summed E-state index contributed by atoms with van der Waals surface area (Å²) in [5.74, 6) is -4.96. The molecule has 12 nitrogen and oxygen atoms in total. The van der Waals surface area contributed by atoms with Crippen molar-refractivity contribution in [1.82, 2.24) is 16.0 Å². The molecular formula is C19H27N5O7S. The van der Waals surface area contributed by atoms with Gasteiger partial charge in [0.05, 0.1) is 19.1 Å². The average molecular weight is 470 g/mol. The maximum Gasteiger partial charge on any atom is 0.326 e. The molecule has 0 saturated heterocycles. The van der Waals surface area contributed by atoms with Crippen LogP contribution in [0.25, 0.3) is 0 Å². The Morgan fingerprint density at radius 2 is 1.44 bits per heavy atom. The quantitative estimate of drug-likeness (QED) is 0.138. The van der Waals surface area contributed by atoms with Gasteiger partial charge in [0.1, 0.15) is 18.1 Å². The van der Waals surface area contributed by atoms with Crippen LogP contribution in [0.2, 0.25) is 0 Å². The number of hydrogen-bond donors (Lipinski definition) is 8. The predicted octanol–water partition coefficient (Wildman–Crippen LogP) is -3.11. The maximum absolute atomic E-state index is 12.8. The van der Waals surface area contributed by atoms with Crippen molar-refractivity contribution in [1.29, 1.82) is 0 Å². The molecule has 4 atom stereocenters. The minimum Gasteiger partial charge on any atom is -0.480 e. The molecule has 9 N–H and O–H groups in total. The zero-order valence-electron chi connectivity index (χ0n) is 17.1. The van der Waals surface area contributed by atoms with Crippen LogP contribution in [-0.4, -0.2) is 76.3 Å². The van der Waals surface area contributed by atoms with Crippen LogP contribution in [0.15, 0.2) is 30.3 Å². The van der Waals surface area contributed by atoms with E-state index in [4.69, 9.17) is 16.6 Å². The third kappa shape index (κ3) is 8.91. The molecule has 13 heteroatoms. The molecule has 1 rings (SSSR count). The lowest BCUT2D eigenvalue weighted by Crippen LogP contribution is -2.58. The summed E-state index contributed by atoms with van der Waals surface area (Å²) in [6, 6.07) is 3.37. The molecule has 32 heavy (non-hydrogen) atoms. The van der Waals surface area contributed by atoms with E-state index in [1.807, 2.05) is 5.32 Å². The fourth-order valence-corrected chi connectivity index (χ4v) is 2.73. The first-order valence-electron chi connectivity index (χ1n) is 9.52. The zero-order valence-corrected chi connectivity index (χ0v) is 18.0. The number of hydrogen-bond acceptors (Lipinski definition) is 8. The van der Waals surface area contributed by atoms with Crippen LogP contribution in [-0.2, 0) is 30.4 Å². The second kappa shape index (κ2) is 13.3. The zero-order chi connectivity index (χ0) is 24.3. The third-order valence-electron chi connectivity index (χ3n) is 4.28. The second-order valence-electron chi connectivity index (χ2n) is 6.85. The monoisotopic (exact) mass is 469 g/mol. The summed E-state index contributed by atoms with van der Waals surface area (Å²) >= 11 is 3.94. The Kier molecular flexibility index (Phi) is 11.2. The minimum atomic E-state index is -1.64. The number of carboxylic acid groups (broad SMARTS) is 1. The van der Waals surface area contributed by atoms with Crippen LogP contribution in [0.1, 0.15) is 12.0 Å². The van der Waals surface area contributed by atoms with Gasteiger partial charge < -0.3 is 37.6 Å². The number of thiol groups is 1. The molecule has 0 aromatic heterocycles. The summed E-state index contributed by atoms with van der Waals surface area (Å²) in [6.07, 6.45) is -0.627. The number of carboxylic acids is 1. The molecule has 0 bridgehead atoms. The number of nitrogens with one attached hydrogen (secondary N) is 3. The number of carbonyl (C=O) groups excluding carboxylic acids is 4. The molecule has 0 aliphatic rings. The lowest BCUT2D eigenvalue weighted by atomic mass is 10.0. The van der Waals surface area contributed by atoms with Crippen LogP contribution < -0.4 is 27.4 Å². The van der Waals surface area contributed by atoms with Crippen molar-refractivity contribution in [3.05, 3.63) is 35.9 Å². The van der Waals surface area contributed by atoms with E-state index in [0.717, 1.165) is 0 Å². The summed E-state index contributed by atoms with van der Waals surface area (Å²) in [6.45, 7) is -0.872. The number of primary amides is 1. The smallest absolute Gasteiger partial charge is 0.326 e. The van der Waals surface area contributed by atoms with Crippen molar-refractivity contribution in [3.63, 3.8) is 0 Å². The number of nitrogens with two attached hydrogens (primary N) is 2. The average Bonchev–Trinajstić information content (AvgIpc) is 2.75. The van der Waals surface area contributed by atoms with Gasteiger partial charge in [-0.2, -0.15) is 12.6 Å². The number of rotatable bonds is 13. The lowest BCUT2D eigenvalue weighted by molar-refractivity contribution is -0.144. The highest BCUT2D eigenvalue weighted by atomic mass is 32.1. The lowest BCUT2D eigenvalue weighted by Gasteiger charge is -2.24. The van der Waals surface area contributed by atoms with Gasteiger partial charge in [-0.15, -0.1) is 0 Å². The van der Waals surface area contributed by atoms with E-state index in [-0.39, 0.29) is 12.2 Å². The number of carbonyl (C=O) groups is 5. The first kappa shape index (κ1) is 26.9. The maximum atomic E-state index is 12.8. The van der Waals surface area contributed by atoms with Crippen molar-refractivity contribution in [2.75, 3.05) is 12.4 Å². The summed E-state index contributed by atoms with van der Waals surface area (Å²) in [7, 11) is 0. The van der Waals surface area contributed by atoms with Crippen LogP contribution in [0.5, 0.6) is 0 Å². The largest absolute Gasteiger partial charge is 0.480 e. The summed E-state index contributed by atoms with van der Waals surface area (Å²) in [5.41, 5.74) is 11.3. The van der Waals surface area contributed by atoms with Gasteiger partial charge in [-0.3, -0.25) is 19.2 Å². The van der Waals surface area contributed by atoms with E-state index < -0.39 is 66.8 Å². The highest BCUT2D eigenvalue weighted by Crippen LogP contribution is 2.05. The molecule has 0 radical (unpaired) electrons. The van der Waals surface area contributed by atoms with Gasteiger partial charge in [0.25, 0.3) is 0 Å². The molecule has 0 saturated carbocycles. The molecule has 1 aromatic rings. The molecule has 1 aromatic carbocycles. The van der Waals surface area contributed by atoms with Crippen LogP contribution in [0, 0.1) is 0 Å². The first-order valence-corrected chi connectivity index (χ1v) is 10.2. The van der Waals surface area contributed by atoms with E-state index in [1.54, 1.807) is 30.3 Å². The number of aliphatic hydroxyl groups excluding tert-OH is 1. The van der Waals surface area contributed by atoms with E-state index >= 15 is 0 Å². The Morgan fingerprint density at radius 1 is 0.906 bits per heavy atom. The van der Waals surface area contributed by atoms with Gasteiger partial charge in [-0.25, -0.2) is 4.79 Å². The van der Waals surface area contributed by atoms with Gasteiger partial charge in [0.2, 0.25) is 23.6 Å². The topological polar surface area (TPSA) is 214 Å². The Balaban J connectivity index is 2.96. The molecule has 4 amide bonds. The SMILES string of the molecule is NC(=O)CC(NC(=O)C(CO)NC(=O)C(Cc1ccccc1)NC(=O)C(N)CS)C(=O)O. The van der Waals surface area contributed by atoms with E-state index in [9.17, 15) is 29.1 Å². The highest BCUT2D eigenvalue weighted by molar-refractivity contribution is 7.80. The second-order valence-corrected chi connectivity index (χ2v) is 7.22. The predicted molar refractivity (Wildman–Crippen MR) is 116 cm³/mol. The van der Waals surface area contributed by atoms with Gasteiger partial charge in [0.15, 0.2) is 0 Å². The Morgan fingerprint density at radius 3 is 1.94 bits per heavy atom. The first-order chi connectivity index (χ1) is 15.1. The summed E-state index contributed by atoms with van der Waals surface area (Å²) < 4.78 is 0. The highest BCUT2D eigenvalue weighted by Gasteiger charge is 2.30. The van der Waals surface area contributed by atoms with Crippen molar-refractivity contribution in [2.45, 2.75) is 37.0 Å². The van der Waals surface area contributed by atoms with E-state index in [0.29, 0.717) is 5.56 Å². The van der Waals surface area contributed by atoms with Crippen molar-refractivity contribution in [3.8, 4) is 0 Å². The third-order valence-corrected chi connectivity index (χ3v) is 4.68. The molecule has 0 aliphatic heterocycles. The Hall–Kier alpha value is -3.16. The summed E-state index contributed by atoms with van der Waals surface area (Å²) in [5, 5.41) is 25.4. The summed E-state index contributed by atoms with van der Waals surface area (Å²) in [4.78, 5) is 59.5. The van der Waals surface area contributed by atoms with Crippen molar-refractivity contribution in [2.24, 2.45) is 11.5 Å². The van der Waals surface area contributed by atoms with Crippen LogP contribution >= 0.6 is 12.6 Å². The Labute approximate surface area is 189 Å². The van der Waals surface area contributed by atoms with Crippen LogP contribution in [0.4, 0.5) is 0 Å². The molecule has 176 valence electrons. The molecule has 0 fully saturated rings. The molecule has 0 spiro atoms. The van der Waals surface area contributed by atoms with Crippen molar-refractivity contribution < 1.29 is 34.2 Å². The van der Waals surface area contributed by atoms with Gasteiger partial charge in [0, 0.05) is 12.2 Å². The van der Waals surface area contributed by atoms with E-state index in [1.165, 1.54) is 0 Å². The molecule has 4 unspecified atom stereocenters. The van der Waals surface area contributed by atoms with E-state index in [2.05, 4.69) is 23.3 Å². The molecule has 0 aliphatic carbocycles. The number of amides is 4.